The Balaban J connectivity index is 1.93. The fraction of sp³-hybridized carbons (Fsp3) is 0.412. The second-order valence-electron chi connectivity index (χ2n) is 5.90. The maximum absolute atomic E-state index is 11.0. The number of hydrogen-bond donors (Lipinski definition) is 1. The van der Waals surface area contributed by atoms with Gasteiger partial charge in [0.1, 0.15) is 0 Å². The van der Waals surface area contributed by atoms with E-state index in [0.717, 1.165) is 31.5 Å². The van der Waals surface area contributed by atoms with Gasteiger partial charge in [-0.2, -0.15) is 0 Å². The Labute approximate surface area is 129 Å². The molecule has 5 nitrogen and oxygen atoms in total. The van der Waals surface area contributed by atoms with E-state index in [1.54, 1.807) is 0 Å². The molecular weight excluding hydrogens is 280 g/mol. The number of carboxylic acids is 1. The highest BCUT2D eigenvalue weighted by molar-refractivity contribution is 5.86. The maximum atomic E-state index is 11.0. The fourth-order valence-corrected chi connectivity index (χ4v) is 3.13. The van der Waals surface area contributed by atoms with Crippen LogP contribution < -0.4 is 0 Å². The van der Waals surface area contributed by atoms with Crippen molar-refractivity contribution in [2.75, 3.05) is 20.1 Å². The summed E-state index contributed by atoms with van der Waals surface area (Å²) in [6, 6.07) is 9.58. The molecule has 1 saturated heterocycles. The van der Waals surface area contributed by atoms with Gasteiger partial charge in [0, 0.05) is 11.6 Å². The molecule has 1 fully saturated rings. The molecular formula is C17H20N2O3. The van der Waals surface area contributed by atoms with Crippen molar-refractivity contribution in [3.05, 3.63) is 41.6 Å². The van der Waals surface area contributed by atoms with Crippen LogP contribution in [0.4, 0.5) is 0 Å². The summed E-state index contributed by atoms with van der Waals surface area (Å²) in [5.74, 6) is -0.0614. The van der Waals surface area contributed by atoms with Crippen LogP contribution in [0.5, 0.6) is 0 Å². The van der Waals surface area contributed by atoms with Gasteiger partial charge in [-0.15, -0.1) is 0 Å². The Kier molecular flexibility index (Phi) is 4.24. The quantitative estimate of drug-likeness (QED) is 0.942. The molecule has 0 saturated carbocycles. The van der Waals surface area contributed by atoms with Crippen LogP contribution in [0.25, 0.3) is 11.3 Å². The highest BCUT2D eigenvalue weighted by Gasteiger charge is 2.21. The molecule has 0 amide bonds. The molecule has 1 aliphatic rings. The summed E-state index contributed by atoms with van der Waals surface area (Å²) < 4.78 is 5.25. The van der Waals surface area contributed by atoms with Gasteiger partial charge in [0.15, 0.2) is 11.5 Å². The van der Waals surface area contributed by atoms with Crippen molar-refractivity contribution in [1.29, 1.82) is 0 Å². The number of benzene rings is 1. The largest absolute Gasteiger partial charge is 0.476 e. The molecule has 3 rings (SSSR count). The molecule has 1 atom stereocenters. The lowest BCUT2D eigenvalue weighted by Gasteiger charge is -2.17. The normalized spacial score (nSPS) is 19.8. The topological polar surface area (TPSA) is 66.6 Å². The first kappa shape index (κ1) is 14.8. The summed E-state index contributed by atoms with van der Waals surface area (Å²) in [7, 11) is 2.16. The van der Waals surface area contributed by atoms with Gasteiger partial charge in [0.2, 0.25) is 0 Å². The van der Waals surface area contributed by atoms with Crippen LogP contribution in [0.3, 0.4) is 0 Å². The standard InChI is InChI=1S/C17H20N2O3/c1-19-9-4-5-12(8-10-19)13-6-2-3-7-14(13)16-11-15(17(20)21)18-22-16/h2-3,6-7,11-12H,4-5,8-10H2,1H3,(H,20,21). The second-order valence-corrected chi connectivity index (χ2v) is 5.90. The van der Waals surface area contributed by atoms with Gasteiger partial charge in [-0.05, 0) is 50.9 Å². The summed E-state index contributed by atoms with van der Waals surface area (Å²) in [6.45, 7) is 2.21. The molecule has 1 aliphatic heterocycles. The summed E-state index contributed by atoms with van der Waals surface area (Å²) in [4.78, 5) is 13.3. The van der Waals surface area contributed by atoms with E-state index in [1.165, 1.54) is 18.1 Å². The zero-order valence-corrected chi connectivity index (χ0v) is 12.7. The van der Waals surface area contributed by atoms with Crippen molar-refractivity contribution in [2.45, 2.75) is 25.2 Å². The van der Waals surface area contributed by atoms with Crippen molar-refractivity contribution < 1.29 is 14.4 Å². The molecule has 116 valence electrons. The maximum Gasteiger partial charge on any atom is 0.358 e. The highest BCUT2D eigenvalue weighted by Crippen LogP contribution is 2.35. The molecule has 1 unspecified atom stereocenters. The van der Waals surface area contributed by atoms with E-state index in [4.69, 9.17) is 9.63 Å². The van der Waals surface area contributed by atoms with E-state index in [9.17, 15) is 4.79 Å². The Morgan fingerprint density at radius 1 is 1.32 bits per heavy atom. The van der Waals surface area contributed by atoms with Crippen LogP contribution >= 0.6 is 0 Å². The molecule has 22 heavy (non-hydrogen) atoms. The summed E-state index contributed by atoms with van der Waals surface area (Å²) in [6.07, 6.45) is 3.42. The number of hydrogen-bond acceptors (Lipinski definition) is 4. The summed E-state index contributed by atoms with van der Waals surface area (Å²) in [5.41, 5.74) is 2.13. The minimum Gasteiger partial charge on any atom is -0.476 e. The van der Waals surface area contributed by atoms with E-state index >= 15 is 0 Å². The lowest BCUT2D eigenvalue weighted by atomic mass is 9.88. The van der Waals surface area contributed by atoms with Crippen LogP contribution in [-0.2, 0) is 0 Å². The number of nitrogens with zero attached hydrogens (tertiary/aromatic N) is 2. The van der Waals surface area contributed by atoms with Gasteiger partial charge < -0.3 is 14.5 Å². The van der Waals surface area contributed by atoms with E-state index in [1.807, 2.05) is 18.2 Å². The van der Waals surface area contributed by atoms with Crippen molar-refractivity contribution in [2.24, 2.45) is 0 Å². The third kappa shape index (κ3) is 3.04. The first-order valence-electron chi connectivity index (χ1n) is 7.63. The minimum absolute atomic E-state index is 0.0506. The zero-order chi connectivity index (χ0) is 15.5. The summed E-state index contributed by atoms with van der Waals surface area (Å²) in [5, 5.41) is 12.6. The molecule has 0 aliphatic carbocycles. The zero-order valence-electron chi connectivity index (χ0n) is 12.7. The SMILES string of the molecule is CN1CCCC(c2ccccc2-c2cc(C(=O)O)no2)CC1. The van der Waals surface area contributed by atoms with E-state index in [0.29, 0.717) is 11.7 Å². The Bertz CT molecular complexity index is 665. The average molecular weight is 300 g/mol. The monoisotopic (exact) mass is 300 g/mol. The van der Waals surface area contributed by atoms with Crippen LogP contribution in [0, 0.1) is 0 Å². The van der Waals surface area contributed by atoms with Crippen molar-refractivity contribution in [1.82, 2.24) is 10.1 Å². The predicted molar refractivity (Wildman–Crippen MR) is 83.0 cm³/mol. The number of rotatable bonds is 3. The third-order valence-corrected chi connectivity index (χ3v) is 4.35. The Morgan fingerprint density at radius 3 is 2.91 bits per heavy atom. The fourth-order valence-electron chi connectivity index (χ4n) is 3.13. The number of aromatic carboxylic acids is 1. The third-order valence-electron chi connectivity index (χ3n) is 4.35. The van der Waals surface area contributed by atoms with Crippen LogP contribution in [0.1, 0.15) is 41.2 Å². The molecule has 0 spiro atoms. The lowest BCUT2D eigenvalue weighted by molar-refractivity contribution is 0.0686. The van der Waals surface area contributed by atoms with E-state index in [-0.39, 0.29) is 5.69 Å². The van der Waals surface area contributed by atoms with Crippen molar-refractivity contribution in [3.8, 4) is 11.3 Å². The first-order chi connectivity index (χ1) is 10.6. The Morgan fingerprint density at radius 2 is 2.14 bits per heavy atom. The van der Waals surface area contributed by atoms with Gasteiger partial charge in [-0.25, -0.2) is 4.79 Å². The summed E-state index contributed by atoms with van der Waals surface area (Å²) >= 11 is 0. The van der Waals surface area contributed by atoms with Crippen molar-refractivity contribution in [3.63, 3.8) is 0 Å². The Hall–Kier alpha value is -2.14. The van der Waals surface area contributed by atoms with Gasteiger partial charge in [0.05, 0.1) is 0 Å². The molecule has 0 bridgehead atoms. The predicted octanol–water partition coefficient (Wildman–Crippen LogP) is 3.24. The smallest absolute Gasteiger partial charge is 0.358 e. The van der Waals surface area contributed by atoms with E-state index in [2.05, 4.69) is 23.2 Å². The van der Waals surface area contributed by atoms with Crippen LogP contribution in [-0.4, -0.2) is 41.3 Å². The number of carbonyl (C=O) groups is 1. The molecule has 0 radical (unpaired) electrons. The molecule has 1 aromatic heterocycles. The first-order valence-corrected chi connectivity index (χ1v) is 7.63. The minimum atomic E-state index is -1.07. The number of likely N-dealkylation sites (tertiary alicyclic amines) is 1. The van der Waals surface area contributed by atoms with Gasteiger partial charge in [-0.1, -0.05) is 29.4 Å². The number of aromatic nitrogens is 1. The van der Waals surface area contributed by atoms with Crippen LogP contribution in [0.2, 0.25) is 0 Å². The average Bonchev–Trinajstić information content (AvgIpc) is 2.91. The van der Waals surface area contributed by atoms with Crippen LogP contribution in [0.15, 0.2) is 34.9 Å². The molecule has 5 heteroatoms. The van der Waals surface area contributed by atoms with E-state index < -0.39 is 5.97 Å². The van der Waals surface area contributed by atoms with Gasteiger partial charge in [-0.3, -0.25) is 0 Å². The molecule has 2 aromatic rings. The second kappa shape index (κ2) is 6.32. The molecule has 1 N–H and O–H groups in total. The lowest BCUT2D eigenvalue weighted by Crippen LogP contribution is -2.18. The molecule has 1 aromatic carbocycles. The van der Waals surface area contributed by atoms with Crippen molar-refractivity contribution >= 4 is 5.97 Å². The molecule has 2 heterocycles. The highest BCUT2D eigenvalue weighted by atomic mass is 16.5. The van der Waals surface area contributed by atoms with Gasteiger partial charge in [0.25, 0.3) is 0 Å². The number of carboxylic acid groups (broad SMARTS) is 1. The van der Waals surface area contributed by atoms with Gasteiger partial charge >= 0.3 is 5.97 Å².